The fraction of sp³-hybridized carbons (Fsp3) is 0.0833. The molecule has 1 heterocycles. The molecule has 7 heteroatoms. The van der Waals surface area contributed by atoms with Gasteiger partial charge in [0.25, 0.3) is 11.6 Å². The number of nitrogens with zero attached hydrogens (tertiary/aromatic N) is 2. The van der Waals surface area contributed by atoms with Gasteiger partial charge in [0.1, 0.15) is 5.75 Å². The van der Waals surface area contributed by atoms with E-state index in [0.29, 0.717) is 39.2 Å². The normalized spacial score (nSPS) is 10.6. The molecule has 0 atom stereocenters. The Morgan fingerprint density at radius 3 is 2.39 bits per heavy atom. The van der Waals surface area contributed by atoms with E-state index >= 15 is 0 Å². The number of fused-ring (bicyclic) bond motifs is 1. The highest BCUT2D eigenvalue weighted by Gasteiger charge is 2.22. The minimum absolute atomic E-state index is 0.0585. The summed E-state index contributed by atoms with van der Waals surface area (Å²) in [5.74, 6) is 0.335. The molecule has 1 aromatic heterocycles. The lowest BCUT2D eigenvalue weighted by Gasteiger charge is -2.16. The van der Waals surface area contributed by atoms with Crippen LogP contribution in [0.5, 0.6) is 5.75 Å². The molecule has 0 aliphatic carbocycles. The number of nitrogens with one attached hydrogen (secondary N) is 1. The highest BCUT2D eigenvalue weighted by molar-refractivity contribution is 6.14. The van der Waals surface area contributed by atoms with Crippen molar-refractivity contribution >= 4 is 28.2 Å². The number of pyridine rings is 1. The van der Waals surface area contributed by atoms with E-state index in [-0.39, 0.29) is 11.6 Å². The Morgan fingerprint density at radius 1 is 1.03 bits per heavy atom. The smallest absolute Gasteiger partial charge is 0.270 e. The first-order valence-electron chi connectivity index (χ1n) is 9.57. The zero-order valence-corrected chi connectivity index (χ0v) is 17.0. The molecule has 31 heavy (non-hydrogen) atoms. The largest absolute Gasteiger partial charge is 0.497 e. The molecule has 4 rings (SSSR count). The quantitative estimate of drug-likeness (QED) is 0.350. The summed E-state index contributed by atoms with van der Waals surface area (Å²) in [5.41, 5.74) is 3.42. The second-order valence-electron chi connectivity index (χ2n) is 6.95. The number of nitro benzene ring substituents is 1. The van der Waals surface area contributed by atoms with Gasteiger partial charge in [0.05, 0.1) is 28.8 Å². The molecule has 4 aromatic rings. The number of rotatable bonds is 5. The molecule has 1 N–H and O–H groups in total. The number of amides is 1. The van der Waals surface area contributed by atoms with Crippen LogP contribution in [0.3, 0.4) is 0 Å². The number of anilines is 1. The first-order chi connectivity index (χ1) is 15.0. The lowest BCUT2D eigenvalue weighted by atomic mass is 9.93. The number of benzene rings is 3. The second-order valence-corrected chi connectivity index (χ2v) is 6.95. The van der Waals surface area contributed by atoms with Gasteiger partial charge in [-0.2, -0.15) is 0 Å². The number of carbonyl (C=O) groups is 1. The van der Waals surface area contributed by atoms with Gasteiger partial charge in [-0.05, 0) is 42.8 Å². The second kappa shape index (κ2) is 8.23. The molecule has 0 aliphatic rings. The standard InChI is InChI=1S/C24H19N3O4/c1-15-22(24(28)26-17-8-11-19(31-2)12-9-17)23(16-6-4-3-5-7-16)20-14-18(27(29)30)10-13-21(20)25-15/h3-14H,1-2H3,(H,26,28). The summed E-state index contributed by atoms with van der Waals surface area (Å²) in [6.45, 7) is 1.76. The van der Waals surface area contributed by atoms with Crippen LogP contribution in [0.1, 0.15) is 16.1 Å². The first kappa shape index (κ1) is 20.0. The van der Waals surface area contributed by atoms with Crippen molar-refractivity contribution in [3.63, 3.8) is 0 Å². The fourth-order valence-corrected chi connectivity index (χ4v) is 3.54. The predicted octanol–water partition coefficient (Wildman–Crippen LogP) is 5.38. The summed E-state index contributed by atoms with van der Waals surface area (Å²) in [4.78, 5) is 28.8. The molecule has 0 saturated carbocycles. The Hall–Kier alpha value is -4.26. The van der Waals surface area contributed by atoms with Crippen LogP contribution in [0.25, 0.3) is 22.0 Å². The van der Waals surface area contributed by atoms with Gasteiger partial charge in [-0.25, -0.2) is 0 Å². The predicted molar refractivity (Wildman–Crippen MR) is 120 cm³/mol. The van der Waals surface area contributed by atoms with Crippen molar-refractivity contribution in [2.75, 3.05) is 12.4 Å². The molecule has 154 valence electrons. The third-order valence-corrected chi connectivity index (χ3v) is 5.00. The summed E-state index contributed by atoms with van der Waals surface area (Å²) in [5, 5.41) is 14.8. The Labute approximate surface area is 178 Å². The van der Waals surface area contributed by atoms with Crippen LogP contribution in [0.15, 0.2) is 72.8 Å². The topological polar surface area (TPSA) is 94.4 Å². The average molecular weight is 413 g/mol. The van der Waals surface area contributed by atoms with Gasteiger partial charge in [-0.1, -0.05) is 30.3 Å². The van der Waals surface area contributed by atoms with Crippen LogP contribution in [0.4, 0.5) is 11.4 Å². The molecule has 0 unspecified atom stereocenters. The van der Waals surface area contributed by atoms with Gasteiger partial charge in [-0.15, -0.1) is 0 Å². The summed E-state index contributed by atoms with van der Waals surface area (Å²) < 4.78 is 5.16. The van der Waals surface area contributed by atoms with E-state index in [9.17, 15) is 14.9 Å². The zero-order chi connectivity index (χ0) is 22.0. The van der Waals surface area contributed by atoms with Crippen molar-refractivity contribution in [3.05, 3.63) is 94.2 Å². The van der Waals surface area contributed by atoms with E-state index in [0.717, 1.165) is 5.56 Å². The van der Waals surface area contributed by atoms with E-state index in [1.807, 2.05) is 30.3 Å². The zero-order valence-electron chi connectivity index (χ0n) is 17.0. The number of aromatic nitrogens is 1. The van der Waals surface area contributed by atoms with Crippen LogP contribution in [0.2, 0.25) is 0 Å². The molecule has 0 radical (unpaired) electrons. The van der Waals surface area contributed by atoms with Crippen LogP contribution in [0, 0.1) is 17.0 Å². The van der Waals surface area contributed by atoms with E-state index in [2.05, 4.69) is 10.3 Å². The van der Waals surface area contributed by atoms with E-state index in [4.69, 9.17) is 4.74 Å². The van der Waals surface area contributed by atoms with Gasteiger partial charge >= 0.3 is 0 Å². The van der Waals surface area contributed by atoms with Crippen molar-refractivity contribution in [1.29, 1.82) is 0 Å². The van der Waals surface area contributed by atoms with Crippen LogP contribution >= 0.6 is 0 Å². The number of methoxy groups -OCH3 is 1. The molecule has 0 aliphatic heterocycles. The lowest BCUT2D eigenvalue weighted by Crippen LogP contribution is -2.16. The monoisotopic (exact) mass is 413 g/mol. The fourth-order valence-electron chi connectivity index (χ4n) is 3.54. The number of carbonyl (C=O) groups excluding carboxylic acids is 1. The molecule has 7 nitrogen and oxygen atoms in total. The molecule has 0 spiro atoms. The molecular formula is C24H19N3O4. The summed E-state index contributed by atoms with van der Waals surface area (Å²) >= 11 is 0. The SMILES string of the molecule is COc1ccc(NC(=O)c2c(C)nc3ccc([N+](=O)[O-])cc3c2-c2ccccc2)cc1. The number of hydrogen-bond acceptors (Lipinski definition) is 5. The van der Waals surface area contributed by atoms with Gasteiger partial charge in [0, 0.05) is 28.8 Å². The average Bonchev–Trinajstić information content (AvgIpc) is 2.78. The van der Waals surface area contributed by atoms with E-state index in [1.165, 1.54) is 12.1 Å². The lowest BCUT2D eigenvalue weighted by molar-refractivity contribution is -0.384. The minimum atomic E-state index is -0.453. The number of hydrogen-bond donors (Lipinski definition) is 1. The number of aryl methyl sites for hydroxylation is 1. The highest BCUT2D eigenvalue weighted by atomic mass is 16.6. The molecule has 1 amide bonds. The summed E-state index contributed by atoms with van der Waals surface area (Å²) in [6, 6.07) is 20.8. The third-order valence-electron chi connectivity index (χ3n) is 5.00. The number of ether oxygens (including phenoxy) is 1. The molecule has 0 saturated heterocycles. The summed E-state index contributed by atoms with van der Waals surface area (Å²) in [6.07, 6.45) is 0. The maximum atomic E-state index is 13.3. The number of nitro groups is 1. The van der Waals surface area contributed by atoms with Crippen LogP contribution in [-0.2, 0) is 0 Å². The van der Waals surface area contributed by atoms with E-state index < -0.39 is 4.92 Å². The molecular weight excluding hydrogens is 394 g/mol. The van der Waals surface area contributed by atoms with Crippen LogP contribution in [-0.4, -0.2) is 22.9 Å². The Morgan fingerprint density at radius 2 is 1.74 bits per heavy atom. The Bertz CT molecular complexity index is 1290. The summed E-state index contributed by atoms with van der Waals surface area (Å²) in [7, 11) is 1.57. The highest BCUT2D eigenvalue weighted by Crippen LogP contribution is 2.35. The first-order valence-corrected chi connectivity index (χ1v) is 9.57. The van der Waals surface area contributed by atoms with Crippen molar-refractivity contribution in [2.24, 2.45) is 0 Å². The number of non-ortho nitro benzene ring substituents is 1. The Balaban J connectivity index is 1.91. The van der Waals surface area contributed by atoms with Crippen molar-refractivity contribution in [1.82, 2.24) is 4.98 Å². The molecule has 3 aromatic carbocycles. The van der Waals surface area contributed by atoms with Gasteiger partial charge in [0.2, 0.25) is 0 Å². The van der Waals surface area contributed by atoms with E-state index in [1.54, 1.807) is 44.4 Å². The van der Waals surface area contributed by atoms with Crippen molar-refractivity contribution in [2.45, 2.75) is 6.92 Å². The van der Waals surface area contributed by atoms with Crippen LogP contribution < -0.4 is 10.1 Å². The minimum Gasteiger partial charge on any atom is -0.497 e. The molecule has 0 bridgehead atoms. The third kappa shape index (κ3) is 3.93. The maximum absolute atomic E-state index is 13.3. The van der Waals surface area contributed by atoms with Crippen molar-refractivity contribution in [3.8, 4) is 16.9 Å². The van der Waals surface area contributed by atoms with Gasteiger partial charge < -0.3 is 10.1 Å². The van der Waals surface area contributed by atoms with Gasteiger partial charge in [-0.3, -0.25) is 19.9 Å². The van der Waals surface area contributed by atoms with Gasteiger partial charge in [0.15, 0.2) is 0 Å². The maximum Gasteiger partial charge on any atom is 0.270 e. The molecule has 0 fully saturated rings. The Kier molecular flexibility index (Phi) is 5.32. The van der Waals surface area contributed by atoms with Crippen molar-refractivity contribution < 1.29 is 14.5 Å².